The van der Waals surface area contributed by atoms with Gasteiger partial charge in [0.2, 0.25) is 5.89 Å². The third-order valence-electron chi connectivity index (χ3n) is 4.88. The van der Waals surface area contributed by atoms with Crippen LogP contribution in [0.1, 0.15) is 34.4 Å². The van der Waals surface area contributed by atoms with Gasteiger partial charge in [-0.3, -0.25) is 9.88 Å². The van der Waals surface area contributed by atoms with Crippen LogP contribution in [0.4, 0.5) is 0 Å². The molecule has 3 aromatic rings. The number of halogens is 1. The SMILES string of the molecule is Cc1ccccc1Cc1noc(CN2CCNCC2c2cccnc2)n1.Cl. The molecule has 0 aliphatic carbocycles. The monoisotopic (exact) mass is 385 g/mol. The molecule has 0 amide bonds. The van der Waals surface area contributed by atoms with E-state index in [0.29, 0.717) is 18.9 Å². The van der Waals surface area contributed by atoms with Crippen LogP contribution in [0.15, 0.2) is 53.3 Å². The fourth-order valence-corrected chi connectivity index (χ4v) is 3.42. The van der Waals surface area contributed by atoms with Crippen LogP contribution in [0.3, 0.4) is 0 Å². The highest BCUT2D eigenvalue weighted by Crippen LogP contribution is 2.23. The topological polar surface area (TPSA) is 67.1 Å². The van der Waals surface area contributed by atoms with Gasteiger partial charge >= 0.3 is 0 Å². The number of hydrogen-bond acceptors (Lipinski definition) is 6. The van der Waals surface area contributed by atoms with Gasteiger partial charge in [0.05, 0.1) is 6.54 Å². The third kappa shape index (κ3) is 4.71. The number of rotatable bonds is 5. The molecule has 27 heavy (non-hydrogen) atoms. The van der Waals surface area contributed by atoms with Gasteiger partial charge in [0, 0.05) is 44.5 Å². The predicted octanol–water partition coefficient (Wildman–Crippen LogP) is 2.93. The van der Waals surface area contributed by atoms with E-state index < -0.39 is 0 Å². The first-order valence-corrected chi connectivity index (χ1v) is 9.00. The summed E-state index contributed by atoms with van der Waals surface area (Å²) in [5, 5.41) is 7.63. The van der Waals surface area contributed by atoms with Crippen molar-refractivity contribution in [3.05, 3.63) is 77.2 Å². The van der Waals surface area contributed by atoms with E-state index in [9.17, 15) is 0 Å². The fourth-order valence-electron chi connectivity index (χ4n) is 3.42. The molecule has 1 unspecified atom stereocenters. The molecule has 0 saturated carbocycles. The minimum absolute atomic E-state index is 0. The highest BCUT2D eigenvalue weighted by atomic mass is 35.5. The van der Waals surface area contributed by atoms with Gasteiger partial charge in [-0.1, -0.05) is 35.5 Å². The van der Waals surface area contributed by atoms with Crippen molar-refractivity contribution < 1.29 is 4.52 Å². The van der Waals surface area contributed by atoms with E-state index in [1.807, 2.05) is 24.4 Å². The number of benzene rings is 1. The number of nitrogens with zero attached hydrogens (tertiary/aromatic N) is 4. The first-order valence-electron chi connectivity index (χ1n) is 9.00. The van der Waals surface area contributed by atoms with Crippen molar-refractivity contribution >= 4 is 12.4 Å². The molecule has 4 rings (SSSR count). The van der Waals surface area contributed by atoms with Crippen LogP contribution in [0.2, 0.25) is 0 Å². The molecule has 1 aliphatic rings. The van der Waals surface area contributed by atoms with Gasteiger partial charge in [0.15, 0.2) is 5.82 Å². The van der Waals surface area contributed by atoms with Gasteiger partial charge in [0.1, 0.15) is 0 Å². The van der Waals surface area contributed by atoms with Gasteiger partial charge in [-0.25, -0.2) is 0 Å². The van der Waals surface area contributed by atoms with Crippen LogP contribution < -0.4 is 5.32 Å². The van der Waals surface area contributed by atoms with Crippen LogP contribution in [0.25, 0.3) is 0 Å². The maximum atomic E-state index is 5.52. The van der Waals surface area contributed by atoms with Crippen molar-refractivity contribution in [2.24, 2.45) is 0 Å². The quantitative estimate of drug-likeness (QED) is 0.728. The van der Waals surface area contributed by atoms with Crippen molar-refractivity contribution in [3.8, 4) is 0 Å². The van der Waals surface area contributed by atoms with E-state index in [4.69, 9.17) is 4.52 Å². The second kappa shape index (κ2) is 9.08. The van der Waals surface area contributed by atoms with Gasteiger partial charge < -0.3 is 9.84 Å². The maximum absolute atomic E-state index is 5.52. The minimum Gasteiger partial charge on any atom is -0.338 e. The molecule has 1 aromatic carbocycles. The Morgan fingerprint density at radius 1 is 1.22 bits per heavy atom. The number of hydrogen-bond donors (Lipinski definition) is 1. The summed E-state index contributed by atoms with van der Waals surface area (Å²) in [4.78, 5) is 11.2. The number of piperazine rings is 1. The predicted molar refractivity (Wildman–Crippen MR) is 106 cm³/mol. The Kier molecular flexibility index (Phi) is 6.55. The van der Waals surface area contributed by atoms with E-state index in [1.165, 1.54) is 16.7 Å². The maximum Gasteiger partial charge on any atom is 0.240 e. The Hall–Kier alpha value is -2.28. The van der Waals surface area contributed by atoms with Crippen molar-refractivity contribution in [2.75, 3.05) is 19.6 Å². The van der Waals surface area contributed by atoms with E-state index in [1.54, 1.807) is 6.20 Å². The summed E-state index contributed by atoms with van der Waals surface area (Å²) in [7, 11) is 0. The lowest BCUT2D eigenvalue weighted by Gasteiger charge is -2.35. The van der Waals surface area contributed by atoms with Gasteiger partial charge in [-0.15, -0.1) is 12.4 Å². The Morgan fingerprint density at radius 2 is 2.11 bits per heavy atom. The van der Waals surface area contributed by atoms with E-state index in [0.717, 1.165) is 25.5 Å². The number of pyridine rings is 1. The summed E-state index contributed by atoms with van der Waals surface area (Å²) in [5.41, 5.74) is 3.69. The molecule has 1 atom stereocenters. The molecule has 1 aliphatic heterocycles. The van der Waals surface area contributed by atoms with Gasteiger partial charge in [0.25, 0.3) is 0 Å². The molecule has 0 spiro atoms. The molecular formula is C20H24ClN5O. The summed E-state index contributed by atoms with van der Waals surface area (Å²) in [6, 6.07) is 12.7. The van der Waals surface area contributed by atoms with E-state index in [2.05, 4.69) is 50.5 Å². The molecule has 7 heteroatoms. The first kappa shape index (κ1) is 19.5. The average molecular weight is 386 g/mol. The Labute approximate surface area is 165 Å². The smallest absolute Gasteiger partial charge is 0.240 e. The third-order valence-corrected chi connectivity index (χ3v) is 4.88. The lowest BCUT2D eigenvalue weighted by Crippen LogP contribution is -2.45. The van der Waals surface area contributed by atoms with E-state index >= 15 is 0 Å². The number of aryl methyl sites for hydroxylation is 1. The molecule has 6 nitrogen and oxygen atoms in total. The standard InChI is InChI=1S/C20H23N5O.ClH/c1-15-5-2-3-6-16(15)11-19-23-20(26-24-19)14-25-10-9-22-13-18(25)17-7-4-8-21-12-17;/h2-8,12,18,22H,9-11,13-14H2,1H3;1H. The average Bonchev–Trinajstić information content (AvgIpc) is 3.12. The fraction of sp³-hybridized carbons (Fsp3) is 0.350. The molecule has 3 heterocycles. The van der Waals surface area contributed by atoms with Crippen LogP contribution in [-0.4, -0.2) is 39.7 Å². The molecular weight excluding hydrogens is 362 g/mol. The van der Waals surface area contributed by atoms with Crippen molar-refractivity contribution in [1.29, 1.82) is 0 Å². The second-order valence-electron chi connectivity index (χ2n) is 6.68. The highest BCUT2D eigenvalue weighted by Gasteiger charge is 2.25. The highest BCUT2D eigenvalue weighted by molar-refractivity contribution is 5.85. The summed E-state index contributed by atoms with van der Waals surface area (Å²) >= 11 is 0. The van der Waals surface area contributed by atoms with Crippen molar-refractivity contribution in [1.82, 2.24) is 25.3 Å². The van der Waals surface area contributed by atoms with Crippen LogP contribution in [-0.2, 0) is 13.0 Å². The Morgan fingerprint density at radius 3 is 2.93 bits per heavy atom. The Bertz CT molecular complexity index is 854. The second-order valence-corrected chi connectivity index (χ2v) is 6.68. The summed E-state index contributed by atoms with van der Waals surface area (Å²) < 4.78 is 5.52. The molecule has 0 bridgehead atoms. The minimum atomic E-state index is 0. The zero-order chi connectivity index (χ0) is 17.8. The Balaban J connectivity index is 0.00000210. The lowest BCUT2D eigenvalue weighted by molar-refractivity contribution is 0.135. The zero-order valence-corrected chi connectivity index (χ0v) is 16.2. The summed E-state index contributed by atoms with van der Waals surface area (Å²) in [6.07, 6.45) is 4.44. The largest absolute Gasteiger partial charge is 0.338 e. The van der Waals surface area contributed by atoms with Crippen LogP contribution in [0, 0.1) is 6.92 Å². The zero-order valence-electron chi connectivity index (χ0n) is 15.3. The van der Waals surface area contributed by atoms with Crippen molar-refractivity contribution in [3.63, 3.8) is 0 Å². The molecule has 1 saturated heterocycles. The normalized spacial score (nSPS) is 17.4. The number of nitrogens with one attached hydrogen (secondary N) is 1. The van der Waals surface area contributed by atoms with Crippen LogP contribution >= 0.6 is 12.4 Å². The molecule has 1 N–H and O–H groups in total. The van der Waals surface area contributed by atoms with Gasteiger partial charge in [-0.2, -0.15) is 4.98 Å². The van der Waals surface area contributed by atoms with Crippen molar-refractivity contribution in [2.45, 2.75) is 25.9 Å². The summed E-state index contributed by atoms with van der Waals surface area (Å²) in [6.45, 7) is 5.56. The number of aromatic nitrogens is 3. The van der Waals surface area contributed by atoms with Crippen LogP contribution in [0.5, 0.6) is 0 Å². The molecule has 2 aromatic heterocycles. The lowest BCUT2D eigenvalue weighted by atomic mass is 10.1. The molecule has 1 fully saturated rings. The molecule has 142 valence electrons. The first-order chi connectivity index (χ1) is 12.8. The van der Waals surface area contributed by atoms with Gasteiger partial charge in [-0.05, 0) is 29.7 Å². The molecule has 0 radical (unpaired) electrons. The van der Waals surface area contributed by atoms with E-state index in [-0.39, 0.29) is 18.4 Å². The summed E-state index contributed by atoms with van der Waals surface area (Å²) in [5.74, 6) is 1.41.